The van der Waals surface area contributed by atoms with Crippen molar-refractivity contribution in [2.24, 2.45) is 4.99 Å². The minimum atomic E-state index is -3.86. The highest BCUT2D eigenvalue weighted by atomic mass is 32.2. The predicted octanol–water partition coefficient (Wildman–Crippen LogP) is 6.28. The van der Waals surface area contributed by atoms with E-state index in [0.29, 0.717) is 17.1 Å². The molecule has 6 aromatic rings. The molecule has 0 amide bonds. The van der Waals surface area contributed by atoms with Crippen molar-refractivity contribution < 1.29 is 8.42 Å². The van der Waals surface area contributed by atoms with Gasteiger partial charge in [0.1, 0.15) is 0 Å². The van der Waals surface area contributed by atoms with Gasteiger partial charge in [-0.05, 0) is 61.9 Å². The monoisotopic (exact) mass is 545 g/mol. The van der Waals surface area contributed by atoms with E-state index in [2.05, 4.69) is 67.8 Å². The van der Waals surface area contributed by atoms with Gasteiger partial charge in [-0.2, -0.15) is 0 Å². The first-order chi connectivity index (χ1) is 19.4. The second-order valence-electron chi connectivity index (χ2n) is 9.64. The van der Waals surface area contributed by atoms with Gasteiger partial charge < -0.3 is 4.57 Å². The maximum absolute atomic E-state index is 13.0. The van der Waals surface area contributed by atoms with Crippen molar-refractivity contribution >= 4 is 43.5 Å². The first kappa shape index (κ1) is 25.5. The van der Waals surface area contributed by atoms with Crippen LogP contribution in [0.1, 0.15) is 17.0 Å². The van der Waals surface area contributed by atoms with Crippen LogP contribution in [0.5, 0.6) is 0 Å². The SMILES string of the molecule is Cc1cc(C)nc(NS(=O)(=O)c2ccc(N=c3c4ccccc4n(Cc4ccccc4)c4ccccc34)cc2)n1. The summed E-state index contributed by atoms with van der Waals surface area (Å²) < 4.78 is 30.8. The lowest BCUT2D eigenvalue weighted by Crippen LogP contribution is -2.15. The Labute approximate surface area is 232 Å². The molecule has 0 fully saturated rings. The van der Waals surface area contributed by atoms with Gasteiger partial charge >= 0.3 is 0 Å². The second kappa shape index (κ2) is 10.4. The highest BCUT2D eigenvalue weighted by molar-refractivity contribution is 7.92. The van der Waals surface area contributed by atoms with Crippen LogP contribution in [0.3, 0.4) is 0 Å². The van der Waals surface area contributed by atoms with Gasteiger partial charge in [0.25, 0.3) is 10.0 Å². The number of sulfonamides is 1. The molecule has 0 saturated heterocycles. The quantitative estimate of drug-likeness (QED) is 0.249. The van der Waals surface area contributed by atoms with E-state index in [1.165, 1.54) is 5.56 Å². The largest absolute Gasteiger partial charge is 0.336 e. The van der Waals surface area contributed by atoms with Crippen molar-refractivity contribution in [2.45, 2.75) is 25.3 Å². The maximum Gasteiger partial charge on any atom is 0.264 e. The molecule has 198 valence electrons. The highest BCUT2D eigenvalue weighted by Crippen LogP contribution is 2.23. The molecular formula is C32H27N5O2S. The van der Waals surface area contributed by atoms with Gasteiger partial charge in [0.05, 0.1) is 27.0 Å². The number of nitrogens with one attached hydrogen (secondary N) is 1. The zero-order valence-corrected chi connectivity index (χ0v) is 22.9. The van der Waals surface area contributed by atoms with Crippen molar-refractivity contribution in [3.63, 3.8) is 0 Å². The fourth-order valence-electron chi connectivity index (χ4n) is 4.93. The molecule has 0 atom stereocenters. The number of aromatic nitrogens is 3. The summed E-state index contributed by atoms with van der Waals surface area (Å²) in [6.07, 6.45) is 0. The Bertz CT molecular complexity index is 1950. The van der Waals surface area contributed by atoms with Crippen LogP contribution >= 0.6 is 0 Å². The number of fused-ring (bicyclic) bond motifs is 2. The van der Waals surface area contributed by atoms with Crippen LogP contribution in [-0.4, -0.2) is 23.0 Å². The Hall–Kier alpha value is -4.82. The number of nitrogens with zero attached hydrogens (tertiary/aromatic N) is 4. The van der Waals surface area contributed by atoms with E-state index in [4.69, 9.17) is 4.99 Å². The van der Waals surface area contributed by atoms with E-state index in [9.17, 15) is 8.42 Å². The van der Waals surface area contributed by atoms with Crippen molar-refractivity contribution in [3.8, 4) is 0 Å². The Balaban J connectivity index is 1.44. The van der Waals surface area contributed by atoms with Crippen LogP contribution in [0, 0.1) is 13.8 Å². The minimum absolute atomic E-state index is 0.0531. The molecule has 0 bridgehead atoms. The van der Waals surface area contributed by atoms with Gasteiger partial charge in [0.2, 0.25) is 5.95 Å². The van der Waals surface area contributed by atoms with E-state index in [1.807, 2.05) is 30.3 Å². The molecule has 0 aliphatic rings. The van der Waals surface area contributed by atoms with Gasteiger partial charge in [-0.3, -0.25) is 0 Å². The molecule has 0 saturated carbocycles. The molecule has 4 aromatic carbocycles. The van der Waals surface area contributed by atoms with Crippen molar-refractivity contribution in [2.75, 3.05) is 4.72 Å². The number of anilines is 1. The second-order valence-corrected chi connectivity index (χ2v) is 11.3. The van der Waals surface area contributed by atoms with Gasteiger partial charge in [0, 0.05) is 28.7 Å². The normalized spacial score (nSPS) is 11.6. The fraction of sp³-hybridized carbons (Fsp3) is 0.0938. The summed E-state index contributed by atoms with van der Waals surface area (Å²) in [6, 6.07) is 35.2. The van der Waals surface area contributed by atoms with Crippen LogP contribution in [0.4, 0.5) is 11.6 Å². The Morgan fingerprint density at radius 2 is 1.27 bits per heavy atom. The number of pyridine rings is 1. The summed E-state index contributed by atoms with van der Waals surface area (Å²) in [5.41, 5.74) is 5.38. The Morgan fingerprint density at radius 3 is 1.88 bits per heavy atom. The zero-order chi connectivity index (χ0) is 27.7. The summed E-state index contributed by atoms with van der Waals surface area (Å²) in [5, 5.41) is 2.87. The molecular weight excluding hydrogens is 518 g/mol. The summed E-state index contributed by atoms with van der Waals surface area (Å²) in [7, 11) is -3.86. The van der Waals surface area contributed by atoms with Gasteiger partial charge in [-0.25, -0.2) is 28.1 Å². The van der Waals surface area contributed by atoms with Crippen LogP contribution < -0.4 is 10.1 Å². The average Bonchev–Trinajstić information content (AvgIpc) is 2.95. The van der Waals surface area contributed by atoms with E-state index in [1.54, 1.807) is 44.2 Å². The molecule has 0 spiro atoms. The third-order valence-corrected chi connectivity index (χ3v) is 8.02. The van der Waals surface area contributed by atoms with Crippen LogP contribution in [0.25, 0.3) is 21.8 Å². The maximum atomic E-state index is 13.0. The molecule has 0 unspecified atom stereocenters. The lowest BCUT2D eigenvalue weighted by molar-refractivity contribution is 0.601. The molecule has 7 nitrogen and oxygen atoms in total. The molecule has 6 rings (SSSR count). The van der Waals surface area contributed by atoms with E-state index in [-0.39, 0.29) is 10.8 Å². The topological polar surface area (TPSA) is 89.2 Å². The zero-order valence-electron chi connectivity index (χ0n) is 22.1. The first-order valence-electron chi connectivity index (χ1n) is 12.9. The molecule has 2 heterocycles. The van der Waals surface area contributed by atoms with Crippen molar-refractivity contribution in [3.05, 3.63) is 132 Å². The Morgan fingerprint density at radius 1 is 0.725 bits per heavy atom. The lowest BCUT2D eigenvalue weighted by atomic mass is 10.1. The van der Waals surface area contributed by atoms with Crippen LogP contribution in [-0.2, 0) is 16.6 Å². The van der Waals surface area contributed by atoms with Crippen LogP contribution in [0.15, 0.2) is 119 Å². The molecule has 0 radical (unpaired) electrons. The van der Waals surface area contributed by atoms with Crippen molar-refractivity contribution in [1.82, 2.24) is 14.5 Å². The predicted molar refractivity (Wildman–Crippen MR) is 159 cm³/mol. The highest BCUT2D eigenvalue weighted by Gasteiger charge is 2.16. The van der Waals surface area contributed by atoms with Gasteiger partial charge in [-0.15, -0.1) is 0 Å². The third-order valence-electron chi connectivity index (χ3n) is 6.68. The number of benzene rings is 4. The molecule has 40 heavy (non-hydrogen) atoms. The van der Waals surface area contributed by atoms with E-state index < -0.39 is 10.0 Å². The lowest BCUT2D eigenvalue weighted by Gasteiger charge is -2.16. The average molecular weight is 546 g/mol. The van der Waals surface area contributed by atoms with Gasteiger partial charge in [-0.1, -0.05) is 66.7 Å². The summed E-state index contributed by atoms with van der Waals surface area (Å²) in [5.74, 6) is 0.0531. The fourth-order valence-corrected chi connectivity index (χ4v) is 5.87. The molecule has 8 heteroatoms. The number of rotatable bonds is 6. The molecule has 0 aliphatic heterocycles. The smallest absolute Gasteiger partial charge is 0.264 e. The van der Waals surface area contributed by atoms with Crippen LogP contribution in [0.2, 0.25) is 0 Å². The summed E-state index contributed by atoms with van der Waals surface area (Å²) in [6.45, 7) is 4.32. The summed E-state index contributed by atoms with van der Waals surface area (Å²) in [4.78, 5) is 13.5. The van der Waals surface area contributed by atoms with Gasteiger partial charge in [0.15, 0.2) is 0 Å². The number of hydrogen-bond donors (Lipinski definition) is 1. The third kappa shape index (κ3) is 5.09. The summed E-state index contributed by atoms with van der Waals surface area (Å²) >= 11 is 0. The molecule has 1 N–H and O–H groups in total. The van der Waals surface area contributed by atoms with Crippen molar-refractivity contribution in [1.29, 1.82) is 0 Å². The number of hydrogen-bond acceptors (Lipinski definition) is 5. The molecule has 2 aromatic heterocycles. The number of aryl methyl sites for hydroxylation is 2. The minimum Gasteiger partial charge on any atom is -0.336 e. The first-order valence-corrected chi connectivity index (χ1v) is 14.4. The van der Waals surface area contributed by atoms with E-state index in [0.717, 1.165) is 33.7 Å². The standard InChI is InChI=1S/C32H27N5O2S/c1-22-20-23(2)34-32(33-22)36-40(38,39)26-18-16-25(17-19-26)35-31-27-12-6-8-14-29(27)37(21-24-10-4-3-5-11-24)30-15-9-7-13-28(30)31/h3-20H,21H2,1-2H3,(H,33,34,36). The Kier molecular flexibility index (Phi) is 6.61. The van der Waals surface area contributed by atoms with E-state index >= 15 is 0 Å². The molecule has 0 aliphatic carbocycles. The number of para-hydroxylation sites is 2.